The van der Waals surface area contributed by atoms with E-state index >= 15 is 0 Å². The maximum absolute atomic E-state index is 11.8. The topological polar surface area (TPSA) is 55.1 Å². The number of nitrogens with one attached hydrogen (secondary N) is 1. The zero-order valence-electron chi connectivity index (χ0n) is 10.4. The molecule has 3 nitrogen and oxygen atoms in total. The van der Waals surface area contributed by atoms with Gasteiger partial charge in [0.2, 0.25) is 5.91 Å². The van der Waals surface area contributed by atoms with E-state index in [1.54, 1.807) is 0 Å². The average molecular weight is 255 g/mol. The summed E-state index contributed by atoms with van der Waals surface area (Å²) < 4.78 is 0. The maximum Gasteiger partial charge on any atom is 0.224 e. The lowest BCUT2D eigenvalue weighted by atomic mass is 10.0. The van der Waals surface area contributed by atoms with Crippen LogP contribution in [0.5, 0.6) is 0 Å². The van der Waals surface area contributed by atoms with Gasteiger partial charge in [-0.15, -0.1) is 0 Å². The number of amides is 1. The van der Waals surface area contributed by atoms with Gasteiger partial charge >= 0.3 is 0 Å². The van der Waals surface area contributed by atoms with E-state index < -0.39 is 0 Å². The first-order valence-corrected chi connectivity index (χ1v) is 6.11. The summed E-state index contributed by atoms with van der Waals surface area (Å²) in [6.07, 6.45) is 0. The first kappa shape index (κ1) is 14.0. The van der Waals surface area contributed by atoms with E-state index in [0.717, 1.165) is 5.56 Å². The molecule has 0 aliphatic carbocycles. The van der Waals surface area contributed by atoms with Gasteiger partial charge in [-0.1, -0.05) is 30.7 Å². The summed E-state index contributed by atoms with van der Waals surface area (Å²) in [4.78, 5) is 11.8. The molecule has 17 heavy (non-hydrogen) atoms. The van der Waals surface area contributed by atoms with E-state index in [4.69, 9.17) is 17.3 Å². The van der Waals surface area contributed by atoms with E-state index in [-0.39, 0.29) is 23.9 Å². The van der Waals surface area contributed by atoms with Crippen LogP contribution in [0.2, 0.25) is 5.02 Å². The van der Waals surface area contributed by atoms with Gasteiger partial charge in [0.05, 0.1) is 6.04 Å². The predicted molar refractivity (Wildman–Crippen MR) is 70.8 cm³/mol. The van der Waals surface area contributed by atoms with Crippen LogP contribution in [0, 0.1) is 5.92 Å². The Labute approximate surface area is 107 Å². The molecule has 0 bridgehead atoms. The third-order valence-corrected chi connectivity index (χ3v) is 3.14. The van der Waals surface area contributed by atoms with Gasteiger partial charge in [-0.3, -0.25) is 4.79 Å². The monoisotopic (exact) mass is 254 g/mol. The maximum atomic E-state index is 11.8. The molecular weight excluding hydrogens is 236 g/mol. The van der Waals surface area contributed by atoms with Crippen LogP contribution in [0.4, 0.5) is 0 Å². The van der Waals surface area contributed by atoms with Crippen molar-refractivity contribution in [1.29, 1.82) is 0 Å². The quantitative estimate of drug-likeness (QED) is 0.868. The summed E-state index contributed by atoms with van der Waals surface area (Å²) in [5, 5.41) is 3.60. The summed E-state index contributed by atoms with van der Waals surface area (Å²) in [5.41, 5.74) is 6.68. The Hall–Kier alpha value is -1.06. The summed E-state index contributed by atoms with van der Waals surface area (Å²) >= 11 is 5.91. The van der Waals surface area contributed by atoms with E-state index in [1.165, 1.54) is 0 Å². The molecule has 0 aliphatic heterocycles. The second kappa shape index (κ2) is 6.03. The Balaban J connectivity index is 2.66. The molecular formula is C13H19ClN2O. The fourth-order valence-corrected chi connectivity index (χ4v) is 1.64. The number of hydrogen-bond acceptors (Lipinski definition) is 2. The van der Waals surface area contributed by atoms with Crippen molar-refractivity contribution in [2.75, 3.05) is 0 Å². The molecule has 0 saturated heterocycles. The van der Waals surface area contributed by atoms with Crippen LogP contribution in [0.25, 0.3) is 0 Å². The van der Waals surface area contributed by atoms with Crippen molar-refractivity contribution < 1.29 is 4.79 Å². The number of carbonyl (C=O) groups is 1. The highest BCUT2D eigenvalue weighted by Gasteiger charge is 2.19. The smallest absolute Gasteiger partial charge is 0.224 e. The molecule has 1 aromatic carbocycles. The molecule has 0 spiro atoms. The Morgan fingerprint density at radius 2 is 2.00 bits per heavy atom. The Morgan fingerprint density at radius 1 is 1.35 bits per heavy atom. The van der Waals surface area contributed by atoms with Crippen molar-refractivity contribution >= 4 is 17.5 Å². The SMILES string of the molecule is CC(N)C(C)C(=O)N[C@@H](C)c1cccc(Cl)c1. The van der Waals surface area contributed by atoms with Crippen molar-refractivity contribution in [2.45, 2.75) is 32.9 Å². The van der Waals surface area contributed by atoms with E-state index in [0.29, 0.717) is 5.02 Å². The molecule has 3 atom stereocenters. The minimum absolute atomic E-state index is 0.0347. The molecule has 94 valence electrons. The predicted octanol–water partition coefficient (Wildman–Crippen LogP) is 2.50. The van der Waals surface area contributed by atoms with Crippen molar-refractivity contribution in [1.82, 2.24) is 5.32 Å². The lowest BCUT2D eigenvalue weighted by Crippen LogP contribution is -2.39. The Morgan fingerprint density at radius 3 is 2.53 bits per heavy atom. The van der Waals surface area contributed by atoms with Gasteiger partial charge in [0, 0.05) is 17.0 Å². The molecule has 0 aliphatic rings. The number of hydrogen-bond donors (Lipinski definition) is 2. The van der Waals surface area contributed by atoms with Crippen LogP contribution in [0.1, 0.15) is 32.4 Å². The van der Waals surface area contributed by atoms with Gasteiger partial charge in [0.15, 0.2) is 0 Å². The number of halogens is 1. The highest BCUT2D eigenvalue weighted by Crippen LogP contribution is 2.17. The summed E-state index contributed by atoms with van der Waals surface area (Å²) in [7, 11) is 0. The van der Waals surface area contributed by atoms with Gasteiger partial charge in [0.25, 0.3) is 0 Å². The van der Waals surface area contributed by atoms with Crippen molar-refractivity contribution in [3.8, 4) is 0 Å². The van der Waals surface area contributed by atoms with Crippen LogP contribution in [-0.4, -0.2) is 11.9 Å². The van der Waals surface area contributed by atoms with Crippen LogP contribution < -0.4 is 11.1 Å². The molecule has 4 heteroatoms. The summed E-state index contributed by atoms with van der Waals surface area (Å²) in [6.45, 7) is 5.58. The van der Waals surface area contributed by atoms with Gasteiger partial charge in [-0.2, -0.15) is 0 Å². The molecule has 0 saturated carbocycles. The van der Waals surface area contributed by atoms with Crippen LogP contribution in [0.3, 0.4) is 0 Å². The Bertz CT molecular complexity index is 393. The normalized spacial score (nSPS) is 16.1. The molecule has 0 fully saturated rings. The molecule has 1 amide bonds. The first-order valence-electron chi connectivity index (χ1n) is 5.73. The molecule has 0 aromatic heterocycles. The largest absolute Gasteiger partial charge is 0.349 e. The summed E-state index contributed by atoms with van der Waals surface area (Å²) in [5.74, 6) is -0.232. The van der Waals surface area contributed by atoms with Gasteiger partial charge in [-0.05, 0) is 31.5 Å². The minimum atomic E-state index is -0.198. The van der Waals surface area contributed by atoms with E-state index in [9.17, 15) is 4.79 Å². The number of nitrogens with two attached hydrogens (primary N) is 1. The molecule has 1 rings (SSSR count). The van der Waals surface area contributed by atoms with Crippen molar-refractivity contribution in [3.63, 3.8) is 0 Å². The van der Waals surface area contributed by atoms with Gasteiger partial charge in [0.1, 0.15) is 0 Å². The molecule has 3 N–H and O–H groups in total. The average Bonchev–Trinajstić information content (AvgIpc) is 2.27. The lowest BCUT2D eigenvalue weighted by Gasteiger charge is -2.20. The summed E-state index contributed by atoms with van der Waals surface area (Å²) in [6, 6.07) is 7.25. The van der Waals surface area contributed by atoms with Crippen molar-refractivity contribution in [2.24, 2.45) is 11.7 Å². The van der Waals surface area contributed by atoms with Crippen molar-refractivity contribution in [3.05, 3.63) is 34.9 Å². The first-order chi connectivity index (χ1) is 7.91. The molecule has 0 radical (unpaired) electrons. The van der Waals surface area contributed by atoms with Crippen LogP contribution >= 0.6 is 11.6 Å². The standard InChI is InChI=1S/C13H19ClN2O/c1-8(9(2)15)13(17)16-10(3)11-5-4-6-12(14)7-11/h4-10H,15H2,1-3H3,(H,16,17)/t8?,9?,10-/m0/s1. The lowest BCUT2D eigenvalue weighted by molar-refractivity contribution is -0.125. The molecule has 0 heterocycles. The third kappa shape index (κ3) is 4.02. The fourth-order valence-electron chi connectivity index (χ4n) is 1.44. The highest BCUT2D eigenvalue weighted by atomic mass is 35.5. The van der Waals surface area contributed by atoms with Gasteiger partial charge in [-0.25, -0.2) is 0 Å². The van der Waals surface area contributed by atoms with E-state index in [1.807, 2.05) is 45.0 Å². The second-order valence-electron chi connectivity index (χ2n) is 4.43. The molecule has 1 aromatic rings. The minimum Gasteiger partial charge on any atom is -0.349 e. The van der Waals surface area contributed by atoms with Crippen LogP contribution in [0.15, 0.2) is 24.3 Å². The van der Waals surface area contributed by atoms with Crippen LogP contribution in [-0.2, 0) is 4.79 Å². The second-order valence-corrected chi connectivity index (χ2v) is 4.87. The Kier molecular flexibility index (Phi) is 4.97. The number of rotatable bonds is 4. The zero-order chi connectivity index (χ0) is 13.0. The highest BCUT2D eigenvalue weighted by molar-refractivity contribution is 6.30. The number of carbonyl (C=O) groups excluding carboxylic acids is 1. The zero-order valence-corrected chi connectivity index (χ0v) is 11.2. The molecule has 2 unspecified atom stereocenters. The van der Waals surface area contributed by atoms with Gasteiger partial charge < -0.3 is 11.1 Å². The fraction of sp³-hybridized carbons (Fsp3) is 0.462. The number of benzene rings is 1. The third-order valence-electron chi connectivity index (χ3n) is 2.91. The van der Waals surface area contributed by atoms with E-state index in [2.05, 4.69) is 5.32 Å².